The Balaban J connectivity index is 2.05. The molecule has 0 saturated heterocycles. The van der Waals surface area contributed by atoms with E-state index < -0.39 is 15.9 Å². The fraction of sp³-hybridized carbons (Fsp3) is 0.125. The lowest BCUT2D eigenvalue weighted by atomic mass is 10.1. The van der Waals surface area contributed by atoms with Crippen LogP contribution < -0.4 is 10.3 Å². The normalized spacial score (nSPS) is 10.8. The second-order valence-corrected chi connectivity index (χ2v) is 6.43. The van der Waals surface area contributed by atoms with E-state index in [1.165, 1.54) is 24.3 Å². The van der Waals surface area contributed by atoms with Gasteiger partial charge in [-0.3, -0.25) is 10.2 Å². The van der Waals surface area contributed by atoms with Crippen LogP contribution in [-0.2, 0) is 16.4 Å². The number of nitrogens with one attached hydrogen (secondary N) is 2. The van der Waals surface area contributed by atoms with Gasteiger partial charge in [-0.05, 0) is 48.4 Å². The molecule has 0 unspecified atom stereocenters. The highest BCUT2D eigenvalue weighted by molar-refractivity contribution is 7.89. The van der Waals surface area contributed by atoms with Gasteiger partial charge in [-0.2, -0.15) is 5.26 Å². The number of amides is 1. The quantitative estimate of drug-likeness (QED) is 0.816. The van der Waals surface area contributed by atoms with Gasteiger partial charge in [0.25, 0.3) is 15.9 Å². The first-order valence-corrected chi connectivity index (χ1v) is 8.36. The van der Waals surface area contributed by atoms with E-state index in [0.29, 0.717) is 11.1 Å². The topological polar surface area (TPSA) is 99.1 Å². The maximum atomic E-state index is 12.1. The SMILES string of the molecule is CCc1ccc(C(=O)NNS(=O)(=O)c2ccc(C#N)cc2)cc1. The number of nitriles is 1. The van der Waals surface area contributed by atoms with Crippen molar-refractivity contribution in [1.82, 2.24) is 10.3 Å². The Bertz CT molecular complexity index is 836. The number of nitrogens with zero attached hydrogens (tertiary/aromatic N) is 1. The number of benzene rings is 2. The summed E-state index contributed by atoms with van der Waals surface area (Å²) in [5.74, 6) is -0.551. The first-order chi connectivity index (χ1) is 11.0. The number of hydrazine groups is 1. The van der Waals surface area contributed by atoms with Gasteiger partial charge in [0, 0.05) is 5.56 Å². The molecule has 23 heavy (non-hydrogen) atoms. The van der Waals surface area contributed by atoms with E-state index in [1.807, 2.05) is 30.0 Å². The van der Waals surface area contributed by atoms with Crippen molar-refractivity contribution >= 4 is 15.9 Å². The van der Waals surface area contributed by atoms with Gasteiger partial charge in [0.15, 0.2) is 0 Å². The molecule has 7 heteroatoms. The van der Waals surface area contributed by atoms with Crippen LogP contribution >= 0.6 is 0 Å². The first kappa shape index (κ1) is 16.7. The third kappa shape index (κ3) is 4.16. The number of carbonyl (C=O) groups is 1. The smallest absolute Gasteiger partial charge is 0.266 e. The average molecular weight is 329 g/mol. The van der Waals surface area contributed by atoms with E-state index in [2.05, 4.69) is 5.43 Å². The zero-order valence-corrected chi connectivity index (χ0v) is 13.2. The van der Waals surface area contributed by atoms with Gasteiger partial charge in [0.2, 0.25) is 0 Å². The van der Waals surface area contributed by atoms with E-state index in [-0.39, 0.29) is 4.90 Å². The third-order valence-electron chi connectivity index (χ3n) is 3.22. The minimum absolute atomic E-state index is 0.0434. The molecule has 118 valence electrons. The lowest BCUT2D eigenvalue weighted by molar-refractivity contribution is 0.0945. The van der Waals surface area contributed by atoms with E-state index >= 15 is 0 Å². The highest BCUT2D eigenvalue weighted by Gasteiger charge is 2.15. The van der Waals surface area contributed by atoms with Crippen molar-refractivity contribution in [2.75, 3.05) is 0 Å². The molecule has 0 spiro atoms. The number of hydrogen-bond acceptors (Lipinski definition) is 4. The molecular formula is C16H15N3O3S. The lowest BCUT2D eigenvalue weighted by Crippen LogP contribution is -2.41. The number of sulfonamides is 1. The number of aryl methyl sites for hydroxylation is 1. The summed E-state index contributed by atoms with van der Waals surface area (Å²) < 4.78 is 24.1. The van der Waals surface area contributed by atoms with E-state index in [1.54, 1.807) is 12.1 Å². The zero-order valence-electron chi connectivity index (χ0n) is 12.4. The maximum absolute atomic E-state index is 12.1. The Labute approximate surface area is 134 Å². The molecule has 0 radical (unpaired) electrons. The van der Waals surface area contributed by atoms with Gasteiger partial charge >= 0.3 is 0 Å². The molecule has 0 fully saturated rings. The van der Waals surface area contributed by atoms with Gasteiger partial charge in [-0.1, -0.05) is 19.1 Å². The molecule has 0 aliphatic carbocycles. The second-order valence-electron chi connectivity index (χ2n) is 4.75. The minimum Gasteiger partial charge on any atom is -0.273 e. The van der Waals surface area contributed by atoms with Crippen LogP contribution in [0.25, 0.3) is 0 Å². The Hall–Kier alpha value is -2.69. The Morgan fingerprint density at radius 2 is 1.70 bits per heavy atom. The summed E-state index contributed by atoms with van der Waals surface area (Å²) in [4.78, 5) is 13.9. The lowest BCUT2D eigenvalue weighted by Gasteiger charge is -2.09. The van der Waals surface area contributed by atoms with Gasteiger partial charge in [0.05, 0.1) is 16.5 Å². The van der Waals surface area contributed by atoms with Crippen LogP contribution in [0.2, 0.25) is 0 Å². The summed E-state index contributed by atoms with van der Waals surface area (Å²) in [5.41, 5.74) is 3.95. The fourth-order valence-electron chi connectivity index (χ4n) is 1.85. The fourth-order valence-corrected chi connectivity index (χ4v) is 2.68. The van der Waals surface area contributed by atoms with Crippen LogP contribution in [0.1, 0.15) is 28.4 Å². The summed E-state index contributed by atoms with van der Waals surface area (Å²) in [6, 6.07) is 14.1. The van der Waals surface area contributed by atoms with Crippen molar-refractivity contribution in [2.45, 2.75) is 18.2 Å². The van der Waals surface area contributed by atoms with Crippen molar-refractivity contribution in [3.8, 4) is 6.07 Å². The van der Waals surface area contributed by atoms with Crippen LogP contribution in [0, 0.1) is 11.3 Å². The summed E-state index contributed by atoms with van der Waals surface area (Å²) in [6.07, 6.45) is 0.854. The average Bonchev–Trinajstić information content (AvgIpc) is 2.60. The maximum Gasteiger partial charge on any atom is 0.266 e. The third-order valence-corrected chi connectivity index (χ3v) is 4.48. The molecular weight excluding hydrogens is 314 g/mol. The van der Waals surface area contributed by atoms with Crippen molar-refractivity contribution in [2.24, 2.45) is 0 Å². The molecule has 0 aliphatic rings. The first-order valence-electron chi connectivity index (χ1n) is 6.87. The molecule has 2 aromatic rings. The van der Waals surface area contributed by atoms with Crippen molar-refractivity contribution in [1.29, 1.82) is 5.26 Å². The number of hydrogen-bond donors (Lipinski definition) is 2. The highest BCUT2D eigenvalue weighted by Crippen LogP contribution is 2.09. The molecule has 2 aromatic carbocycles. The van der Waals surface area contributed by atoms with E-state index in [0.717, 1.165) is 12.0 Å². The van der Waals surface area contributed by atoms with Crippen LogP contribution in [0.4, 0.5) is 0 Å². The minimum atomic E-state index is -3.89. The van der Waals surface area contributed by atoms with Crippen LogP contribution in [0.5, 0.6) is 0 Å². The summed E-state index contributed by atoms with van der Waals surface area (Å²) >= 11 is 0. The largest absolute Gasteiger partial charge is 0.273 e. The molecule has 0 aromatic heterocycles. The Morgan fingerprint density at radius 3 is 2.22 bits per heavy atom. The van der Waals surface area contributed by atoms with Crippen LogP contribution in [0.15, 0.2) is 53.4 Å². The standard InChI is InChI=1S/C16H15N3O3S/c1-2-12-3-7-14(8-4-12)16(20)18-19-23(21,22)15-9-5-13(11-17)6-10-15/h3-10,19H,2H2,1H3,(H,18,20). The summed E-state index contributed by atoms with van der Waals surface area (Å²) in [5, 5.41) is 8.70. The van der Waals surface area contributed by atoms with Gasteiger partial charge < -0.3 is 0 Å². The van der Waals surface area contributed by atoms with E-state index in [9.17, 15) is 13.2 Å². The molecule has 0 bridgehead atoms. The molecule has 0 aliphatic heterocycles. The number of carbonyl (C=O) groups excluding carboxylic acids is 1. The van der Waals surface area contributed by atoms with Crippen molar-refractivity contribution in [3.63, 3.8) is 0 Å². The molecule has 2 rings (SSSR count). The van der Waals surface area contributed by atoms with E-state index in [4.69, 9.17) is 5.26 Å². The zero-order chi connectivity index (χ0) is 16.9. The van der Waals surface area contributed by atoms with Gasteiger partial charge in [-0.25, -0.2) is 8.42 Å². The van der Waals surface area contributed by atoms with Gasteiger partial charge in [0.1, 0.15) is 0 Å². The highest BCUT2D eigenvalue weighted by atomic mass is 32.2. The van der Waals surface area contributed by atoms with Gasteiger partial charge in [-0.15, -0.1) is 4.83 Å². The molecule has 0 saturated carbocycles. The predicted octanol–water partition coefficient (Wildman–Crippen LogP) is 1.74. The van der Waals surface area contributed by atoms with Crippen LogP contribution in [-0.4, -0.2) is 14.3 Å². The summed E-state index contributed by atoms with van der Waals surface area (Å²) in [6.45, 7) is 2.00. The van der Waals surface area contributed by atoms with Crippen LogP contribution in [0.3, 0.4) is 0 Å². The molecule has 1 amide bonds. The monoisotopic (exact) mass is 329 g/mol. The molecule has 0 heterocycles. The van der Waals surface area contributed by atoms with Crippen molar-refractivity contribution in [3.05, 3.63) is 65.2 Å². The Morgan fingerprint density at radius 1 is 1.09 bits per heavy atom. The molecule has 6 nitrogen and oxygen atoms in total. The number of rotatable bonds is 5. The Kier molecular flexibility index (Phi) is 5.11. The second kappa shape index (κ2) is 7.05. The van der Waals surface area contributed by atoms with Crippen molar-refractivity contribution < 1.29 is 13.2 Å². The molecule has 0 atom stereocenters. The predicted molar refractivity (Wildman–Crippen MR) is 84.8 cm³/mol. The molecule has 2 N–H and O–H groups in total. The summed E-state index contributed by atoms with van der Waals surface area (Å²) in [7, 11) is -3.89.